The van der Waals surface area contributed by atoms with Gasteiger partial charge >= 0.3 is 0 Å². The van der Waals surface area contributed by atoms with E-state index in [2.05, 4.69) is 48.3 Å². The Morgan fingerprint density at radius 3 is 2.44 bits per heavy atom. The van der Waals surface area contributed by atoms with E-state index >= 15 is 0 Å². The third kappa shape index (κ3) is 3.31. The molecule has 0 bridgehead atoms. The molecule has 0 unspecified atom stereocenters. The Morgan fingerprint density at radius 2 is 1.67 bits per heavy atom. The third-order valence-corrected chi connectivity index (χ3v) is 4.42. The predicted molar refractivity (Wildman–Crippen MR) is 107 cm³/mol. The van der Waals surface area contributed by atoms with Crippen LogP contribution in [0.25, 0.3) is 16.9 Å². The molecule has 0 saturated heterocycles. The van der Waals surface area contributed by atoms with Gasteiger partial charge in [0.25, 0.3) is 0 Å². The fourth-order valence-corrected chi connectivity index (χ4v) is 2.95. The number of para-hydroxylation sites is 1. The van der Waals surface area contributed by atoms with E-state index in [1.54, 1.807) is 7.11 Å². The number of azo groups is 1. The van der Waals surface area contributed by atoms with Crippen molar-refractivity contribution in [1.82, 2.24) is 9.38 Å². The van der Waals surface area contributed by atoms with Crippen molar-refractivity contribution in [3.05, 3.63) is 78.0 Å². The summed E-state index contributed by atoms with van der Waals surface area (Å²) in [5.74, 6) is 1.38. The maximum atomic E-state index is 5.37. The highest BCUT2D eigenvalue weighted by Crippen LogP contribution is 2.34. The molecule has 4 rings (SSSR count). The number of pyridine rings is 1. The van der Waals surface area contributed by atoms with E-state index in [-0.39, 0.29) is 0 Å². The standard InChI is InChI=1S/C22H20N4O/c1-15-8-10-17(11-9-15)21-22(26-13-12-16(2)14-20(26)23-21)25-24-18-6-4-5-7-19(18)27-3/h4-14H,1-3H3. The normalized spacial score (nSPS) is 11.4. The number of aromatic nitrogens is 2. The van der Waals surface area contributed by atoms with Crippen LogP contribution in [-0.4, -0.2) is 16.5 Å². The highest BCUT2D eigenvalue weighted by Gasteiger charge is 2.14. The third-order valence-electron chi connectivity index (χ3n) is 4.42. The van der Waals surface area contributed by atoms with Crippen LogP contribution in [0.1, 0.15) is 11.1 Å². The minimum atomic E-state index is 0.678. The number of fused-ring (bicyclic) bond motifs is 1. The second-order valence-corrected chi connectivity index (χ2v) is 6.45. The number of ether oxygens (including phenoxy) is 1. The van der Waals surface area contributed by atoms with Crippen molar-refractivity contribution >= 4 is 17.2 Å². The highest BCUT2D eigenvalue weighted by atomic mass is 16.5. The van der Waals surface area contributed by atoms with Gasteiger partial charge in [0.05, 0.1) is 7.11 Å². The summed E-state index contributed by atoms with van der Waals surface area (Å²) in [6.07, 6.45) is 1.98. The Bertz CT molecular complexity index is 1130. The zero-order valence-electron chi connectivity index (χ0n) is 15.5. The minimum absolute atomic E-state index is 0.678. The molecule has 5 nitrogen and oxygen atoms in total. The van der Waals surface area contributed by atoms with Crippen molar-refractivity contribution < 1.29 is 4.74 Å². The Kier molecular flexibility index (Phi) is 4.42. The van der Waals surface area contributed by atoms with E-state index < -0.39 is 0 Å². The fourth-order valence-electron chi connectivity index (χ4n) is 2.95. The monoisotopic (exact) mass is 356 g/mol. The first-order valence-electron chi connectivity index (χ1n) is 8.76. The molecule has 0 N–H and O–H groups in total. The molecule has 0 aliphatic heterocycles. The van der Waals surface area contributed by atoms with E-state index in [0.717, 1.165) is 22.5 Å². The second kappa shape index (κ2) is 7.03. The van der Waals surface area contributed by atoms with Crippen molar-refractivity contribution in [1.29, 1.82) is 0 Å². The largest absolute Gasteiger partial charge is 0.494 e. The molecule has 0 radical (unpaired) electrons. The maximum absolute atomic E-state index is 5.37. The molecule has 0 fully saturated rings. The van der Waals surface area contributed by atoms with Crippen LogP contribution >= 0.6 is 0 Å². The van der Waals surface area contributed by atoms with E-state index in [1.807, 2.05) is 47.0 Å². The van der Waals surface area contributed by atoms with Crippen LogP contribution < -0.4 is 4.74 Å². The molecule has 5 heteroatoms. The summed E-state index contributed by atoms with van der Waals surface area (Å²) < 4.78 is 7.33. The molecule has 0 amide bonds. The van der Waals surface area contributed by atoms with Crippen LogP contribution in [0.15, 0.2) is 77.1 Å². The summed E-state index contributed by atoms with van der Waals surface area (Å²) in [7, 11) is 1.63. The van der Waals surface area contributed by atoms with Crippen molar-refractivity contribution in [2.75, 3.05) is 7.11 Å². The first-order chi connectivity index (χ1) is 13.2. The summed E-state index contributed by atoms with van der Waals surface area (Å²) in [6, 6.07) is 19.9. The average molecular weight is 356 g/mol. The van der Waals surface area contributed by atoms with E-state index in [0.29, 0.717) is 17.3 Å². The molecular weight excluding hydrogens is 336 g/mol. The maximum Gasteiger partial charge on any atom is 0.187 e. The number of benzene rings is 2. The molecule has 0 aliphatic rings. The Morgan fingerprint density at radius 1 is 0.889 bits per heavy atom. The van der Waals surface area contributed by atoms with E-state index in [1.165, 1.54) is 5.56 Å². The summed E-state index contributed by atoms with van der Waals surface area (Å²) in [5, 5.41) is 8.98. The Balaban J connectivity index is 1.88. The molecule has 0 saturated carbocycles. The van der Waals surface area contributed by atoms with Gasteiger partial charge in [0, 0.05) is 11.8 Å². The number of imidazole rings is 1. The quantitative estimate of drug-likeness (QED) is 0.418. The highest BCUT2D eigenvalue weighted by molar-refractivity contribution is 5.74. The first kappa shape index (κ1) is 17.0. The molecule has 2 aromatic carbocycles. The van der Waals surface area contributed by atoms with Gasteiger partial charge in [-0.3, -0.25) is 4.40 Å². The molecular formula is C22H20N4O. The molecule has 134 valence electrons. The molecule has 2 heterocycles. The lowest BCUT2D eigenvalue weighted by Crippen LogP contribution is -1.84. The summed E-state index contributed by atoms with van der Waals surface area (Å²) >= 11 is 0. The molecule has 0 atom stereocenters. The lowest BCUT2D eigenvalue weighted by atomic mass is 10.1. The van der Waals surface area contributed by atoms with Crippen molar-refractivity contribution in [3.8, 4) is 17.0 Å². The van der Waals surface area contributed by atoms with Crippen molar-refractivity contribution in [2.24, 2.45) is 10.2 Å². The minimum Gasteiger partial charge on any atom is -0.494 e. The lowest BCUT2D eigenvalue weighted by Gasteiger charge is -2.03. The zero-order valence-corrected chi connectivity index (χ0v) is 15.5. The number of hydrogen-bond acceptors (Lipinski definition) is 4. The van der Waals surface area contributed by atoms with Gasteiger partial charge in [-0.2, -0.15) is 0 Å². The van der Waals surface area contributed by atoms with Gasteiger partial charge in [-0.1, -0.05) is 42.0 Å². The van der Waals surface area contributed by atoms with Gasteiger partial charge in [0.2, 0.25) is 0 Å². The van der Waals surface area contributed by atoms with Crippen LogP contribution in [-0.2, 0) is 0 Å². The van der Waals surface area contributed by atoms with Crippen molar-refractivity contribution in [2.45, 2.75) is 13.8 Å². The smallest absolute Gasteiger partial charge is 0.187 e. The van der Waals surface area contributed by atoms with Gasteiger partial charge in [-0.25, -0.2) is 4.98 Å². The molecule has 0 spiro atoms. The SMILES string of the molecule is COc1ccccc1N=Nc1c(-c2ccc(C)cc2)nc2cc(C)ccn12. The molecule has 27 heavy (non-hydrogen) atoms. The van der Waals surface area contributed by atoms with Gasteiger partial charge in [0.15, 0.2) is 5.82 Å². The Hall–Kier alpha value is -3.47. The predicted octanol–water partition coefficient (Wildman–Crippen LogP) is 6.04. The van der Waals surface area contributed by atoms with Gasteiger partial charge < -0.3 is 4.74 Å². The number of nitrogens with zero attached hydrogens (tertiary/aromatic N) is 4. The van der Waals surface area contributed by atoms with Crippen LogP contribution in [0.2, 0.25) is 0 Å². The van der Waals surface area contributed by atoms with E-state index in [9.17, 15) is 0 Å². The van der Waals surface area contributed by atoms with Gasteiger partial charge in [0.1, 0.15) is 22.8 Å². The van der Waals surface area contributed by atoms with Crippen LogP contribution in [0.5, 0.6) is 5.75 Å². The topological polar surface area (TPSA) is 51.2 Å². The number of aryl methyl sites for hydroxylation is 2. The number of hydrogen-bond donors (Lipinski definition) is 0. The van der Waals surface area contributed by atoms with Crippen LogP contribution in [0, 0.1) is 13.8 Å². The average Bonchev–Trinajstić information content (AvgIpc) is 3.04. The number of rotatable bonds is 4. The molecule has 0 aliphatic carbocycles. The van der Waals surface area contributed by atoms with E-state index in [4.69, 9.17) is 9.72 Å². The lowest BCUT2D eigenvalue weighted by molar-refractivity contribution is 0.416. The fraction of sp³-hybridized carbons (Fsp3) is 0.136. The first-order valence-corrected chi connectivity index (χ1v) is 8.76. The summed E-state index contributed by atoms with van der Waals surface area (Å²) in [5.41, 5.74) is 5.69. The van der Waals surface area contributed by atoms with Gasteiger partial charge in [-0.05, 0) is 43.7 Å². The molecule has 2 aromatic heterocycles. The van der Waals surface area contributed by atoms with Gasteiger partial charge in [-0.15, -0.1) is 10.2 Å². The Labute approximate surface area is 158 Å². The summed E-state index contributed by atoms with van der Waals surface area (Å²) in [4.78, 5) is 4.81. The van der Waals surface area contributed by atoms with Crippen molar-refractivity contribution in [3.63, 3.8) is 0 Å². The molecule has 4 aromatic rings. The summed E-state index contributed by atoms with van der Waals surface area (Å²) in [6.45, 7) is 4.12. The van der Waals surface area contributed by atoms with Crippen LogP contribution in [0.3, 0.4) is 0 Å². The van der Waals surface area contributed by atoms with Crippen LogP contribution in [0.4, 0.5) is 11.5 Å². The number of methoxy groups -OCH3 is 1. The zero-order chi connectivity index (χ0) is 18.8. The second-order valence-electron chi connectivity index (χ2n) is 6.45.